The Morgan fingerprint density at radius 1 is 0.909 bits per heavy atom. The number of aryl methyl sites for hydroxylation is 1. The summed E-state index contributed by atoms with van der Waals surface area (Å²) >= 11 is 0. The third kappa shape index (κ3) is 5.36. The van der Waals surface area contributed by atoms with Crippen molar-refractivity contribution in [3.63, 3.8) is 0 Å². The molecule has 0 aliphatic rings. The number of hydrogen-bond acceptors (Lipinski definition) is 1. The second-order valence-corrected chi connectivity index (χ2v) is 9.28. The van der Waals surface area contributed by atoms with Crippen molar-refractivity contribution >= 4 is 16.8 Å². The highest BCUT2D eigenvalue weighted by atomic mass is 16.1. The van der Waals surface area contributed by atoms with E-state index in [2.05, 4.69) is 85.3 Å². The van der Waals surface area contributed by atoms with Crippen LogP contribution < -0.4 is 5.32 Å². The zero-order valence-corrected chi connectivity index (χ0v) is 19.9. The van der Waals surface area contributed by atoms with Gasteiger partial charge in [-0.25, -0.2) is 0 Å². The summed E-state index contributed by atoms with van der Waals surface area (Å²) in [6.45, 7) is 7.34. The van der Waals surface area contributed by atoms with Crippen LogP contribution in [0.1, 0.15) is 66.7 Å². The molecule has 0 radical (unpaired) electrons. The van der Waals surface area contributed by atoms with Gasteiger partial charge < -0.3 is 9.88 Å². The van der Waals surface area contributed by atoms with Crippen molar-refractivity contribution < 1.29 is 4.79 Å². The molecule has 1 N–H and O–H groups in total. The number of hydrogen-bond donors (Lipinski definition) is 1. The molecule has 1 heterocycles. The first kappa shape index (κ1) is 22.8. The highest BCUT2D eigenvalue weighted by Crippen LogP contribution is 2.29. The van der Waals surface area contributed by atoms with Gasteiger partial charge in [-0.3, -0.25) is 4.79 Å². The Labute approximate surface area is 197 Å². The molecule has 0 saturated heterocycles. The Bertz CT molecular complexity index is 1190. The van der Waals surface area contributed by atoms with Gasteiger partial charge in [0, 0.05) is 23.6 Å². The number of carbonyl (C=O) groups is 1. The quantitative estimate of drug-likeness (QED) is 0.295. The van der Waals surface area contributed by atoms with Gasteiger partial charge in [-0.2, -0.15) is 0 Å². The first-order valence-electron chi connectivity index (χ1n) is 12.1. The summed E-state index contributed by atoms with van der Waals surface area (Å²) < 4.78 is 2.22. The van der Waals surface area contributed by atoms with E-state index in [-0.39, 0.29) is 11.9 Å². The Morgan fingerprint density at radius 2 is 1.61 bits per heavy atom. The number of aromatic nitrogens is 1. The molecule has 4 aromatic rings. The third-order valence-corrected chi connectivity index (χ3v) is 6.17. The Hall–Kier alpha value is -3.33. The van der Waals surface area contributed by atoms with E-state index >= 15 is 0 Å². The van der Waals surface area contributed by atoms with Gasteiger partial charge in [0.15, 0.2) is 0 Å². The molecule has 1 amide bonds. The summed E-state index contributed by atoms with van der Waals surface area (Å²) in [5.41, 5.74) is 5.52. The maximum atomic E-state index is 13.7. The van der Waals surface area contributed by atoms with Gasteiger partial charge in [-0.05, 0) is 41.5 Å². The van der Waals surface area contributed by atoms with Crippen LogP contribution in [0.25, 0.3) is 10.9 Å². The normalized spacial score (nSPS) is 12.2. The Balaban J connectivity index is 1.74. The van der Waals surface area contributed by atoms with Crippen LogP contribution in [0.4, 0.5) is 0 Å². The maximum absolute atomic E-state index is 13.7. The second-order valence-electron chi connectivity index (χ2n) is 9.28. The van der Waals surface area contributed by atoms with E-state index in [4.69, 9.17) is 0 Å². The number of amides is 1. The zero-order chi connectivity index (χ0) is 23.2. The van der Waals surface area contributed by atoms with E-state index in [9.17, 15) is 4.79 Å². The molecule has 0 spiro atoms. The van der Waals surface area contributed by atoms with Gasteiger partial charge in [0.25, 0.3) is 5.91 Å². The predicted octanol–water partition coefficient (Wildman–Crippen LogP) is 7.16. The number of nitrogens with one attached hydrogen (secondary N) is 1. The fourth-order valence-electron chi connectivity index (χ4n) is 4.66. The summed E-state index contributed by atoms with van der Waals surface area (Å²) in [7, 11) is 0. The van der Waals surface area contributed by atoms with E-state index in [0.29, 0.717) is 5.92 Å². The van der Waals surface area contributed by atoms with Crippen molar-refractivity contribution in [3.8, 4) is 0 Å². The van der Waals surface area contributed by atoms with Gasteiger partial charge in [-0.1, -0.05) is 100.0 Å². The molecule has 33 heavy (non-hydrogen) atoms. The highest BCUT2D eigenvalue weighted by molar-refractivity contribution is 6.08. The van der Waals surface area contributed by atoms with Crippen LogP contribution in [0.2, 0.25) is 0 Å². The number of carbonyl (C=O) groups excluding carboxylic acids is 1. The smallest absolute Gasteiger partial charge is 0.253 e. The number of benzene rings is 3. The van der Waals surface area contributed by atoms with E-state index in [1.807, 2.05) is 30.5 Å². The molecule has 3 heteroatoms. The van der Waals surface area contributed by atoms with Gasteiger partial charge >= 0.3 is 0 Å². The van der Waals surface area contributed by atoms with Crippen molar-refractivity contribution in [1.29, 1.82) is 0 Å². The van der Waals surface area contributed by atoms with Gasteiger partial charge in [-0.15, -0.1) is 0 Å². The minimum Gasteiger partial charge on any atom is -0.345 e. The molecule has 0 aliphatic carbocycles. The SMILES string of the molecule is CCCc1cccc2c1c(C(=O)NC(CC(C)C)c1ccccc1)cn2Cc1ccccc1. The van der Waals surface area contributed by atoms with Crippen molar-refractivity contribution in [2.45, 2.75) is 52.6 Å². The first-order chi connectivity index (χ1) is 16.1. The molecule has 1 unspecified atom stereocenters. The van der Waals surface area contributed by atoms with Gasteiger partial charge in [0.05, 0.1) is 11.6 Å². The van der Waals surface area contributed by atoms with Crippen LogP contribution in [0.15, 0.2) is 85.1 Å². The van der Waals surface area contributed by atoms with Crippen molar-refractivity contribution in [2.24, 2.45) is 5.92 Å². The Morgan fingerprint density at radius 3 is 2.27 bits per heavy atom. The average Bonchev–Trinajstić information content (AvgIpc) is 3.19. The molecule has 0 bridgehead atoms. The lowest BCUT2D eigenvalue weighted by Crippen LogP contribution is -2.29. The minimum atomic E-state index is -0.00967. The molecule has 0 fully saturated rings. The fraction of sp³-hybridized carbons (Fsp3) is 0.300. The number of rotatable bonds is 9. The van der Waals surface area contributed by atoms with Crippen LogP contribution in [0, 0.1) is 5.92 Å². The molecule has 170 valence electrons. The van der Waals surface area contributed by atoms with Crippen molar-refractivity contribution in [1.82, 2.24) is 9.88 Å². The summed E-state index contributed by atoms with van der Waals surface area (Å²) in [6.07, 6.45) is 4.95. The van der Waals surface area contributed by atoms with Gasteiger partial charge in [0.2, 0.25) is 0 Å². The summed E-state index contributed by atoms with van der Waals surface area (Å²) in [4.78, 5) is 13.7. The lowest BCUT2D eigenvalue weighted by Gasteiger charge is -2.21. The molecule has 1 aromatic heterocycles. The topological polar surface area (TPSA) is 34.0 Å². The molecular weight excluding hydrogens is 404 g/mol. The van der Waals surface area contributed by atoms with Gasteiger partial charge in [0.1, 0.15) is 0 Å². The molecule has 3 aromatic carbocycles. The lowest BCUT2D eigenvalue weighted by atomic mass is 9.96. The van der Waals surface area contributed by atoms with E-state index in [1.165, 1.54) is 11.1 Å². The third-order valence-electron chi connectivity index (χ3n) is 6.17. The maximum Gasteiger partial charge on any atom is 0.253 e. The number of nitrogens with zero attached hydrogens (tertiary/aromatic N) is 1. The molecular formula is C30H34N2O. The largest absolute Gasteiger partial charge is 0.345 e. The molecule has 1 atom stereocenters. The molecule has 3 nitrogen and oxygen atoms in total. The summed E-state index contributed by atoms with van der Waals surface area (Å²) in [6, 6.07) is 27.1. The van der Waals surface area contributed by atoms with Crippen LogP contribution in [0.5, 0.6) is 0 Å². The molecule has 4 rings (SSSR count). The fourth-order valence-corrected chi connectivity index (χ4v) is 4.66. The van der Waals surface area contributed by atoms with E-state index < -0.39 is 0 Å². The van der Waals surface area contributed by atoms with Crippen molar-refractivity contribution in [2.75, 3.05) is 0 Å². The van der Waals surface area contributed by atoms with Crippen LogP contribution >= 0.6 is 0 Å². The van der Waals surface area contributed by atoms with Crippen molar-refractivity contribution in [3.05, 3.63) is 107 Å². The van der Waals surface area contributed by atoms with Crippen LogP contribution in [-0.4, -0.2) is 10.5 Å². The Kier molecular flexibility index (Phi) is 7.29. The standard InChI is InChI=1S/C30H34N2O/c1-4-12-25-17-11-18-28-29(25)26(21-32(28)20-23-13-7-5-8-14-23)30(33)31-27(19-22(2)3)24-15-9-6-10-16-24/h5-11,13-18,21-22,27H,4,12,19-20H2,1-3H3,(H,31,33). The van der Waals surface area contributed by atoms with Crippen LogP contribution in [0.3, 0.4) is 0 Å². The second kappa shape index (κ2) is 10.5. The highest BCUT2D eigenvalue weighted by Gasteiger charge is 2.22. The predicted molar refractivity (Wildman–Crippen MR) is 138 cm³/mol. The van der Waals surface area contributed by atoms with Crippen LogP contribution in [-0.2, 0) is 13.0 Å². The van der Waals surface area contributed by atoms with E-state index in [1.54, 1.807) is 0 Å². The minimum absolute atomic E-state index is 0.00451. The monoisotopic (exact) mass is 438 g/mol. The lowest BCUT2D eigenvalue weighted by molar-refractivity contribution is 0.0933. The summed E-state index contributed by atoms with van der Waals surface area (Å²) in [5, 5.41) is 4.45. The zero-order valence-electron chi connectivity index (χ0n) is 19.9. The molecule has 0 saturated carbocycles. The summed E-state index contributed by atoms with van der Waals surface area (Å²) in [5.74, 6) is 0.482. The first-order valence-corrected chi connectivity index (χ1v) is 12.1. The number of fused-ring (bicyclic) bond motifs is 1. The average molecular weight is 439 g/mol. The van der Waals surface area contributed by atoms with E-state index in [0.717, 1.165) is 47.8 Å². The molecule has 0 aliphatic heterocycles.